The van der Waals surface area contributed by atoms with Crippen molar-refractivity contribution in [1.29, 1.82) is 0 Å². The molecule has 4 aromatic rings. The summed E-state index contributed by atoms with van der Waals surface area (Å²) in [6.45, 7) is 2.26. The molecule has 0 fully saturated rings. The van der Waals surface area contributed by atoms with E-state index in [9.17, 15) is 4.79 Å². The lowest BCUT2D eigenvalue weighted by Crippen LogP contribution is -1.85. The first-order chi connectivity index (χ1) is 13.3. The van der Waals surface area contributed by atoms with Crippen molar-refractivity contribution in [2.24, 2.45) is 0 Å². The first-order valence-electron chi connectivity index (χ1n) is 9.45. The Labute approximate surface area is 172 Å². The summed E-state index contributed by atoms with van der Waals surface area (Å²) in [4.78, 5) is 17.2. The van der Waals surface area contributed by atoms with Crippen LogP contribution in [-0.2, 0) is 6.42 Å². The van der Waals surface area contributed by atoms with Crippen LogP contribution in [0.25, 0.3) is 30.3 Å². The van der Waals surface area contributed by atoms with Gasteiger partial charge in [0, 0.05) is 20.5 Å². The molecule has 0 saturated carbocycles. The van der Waals surface area contributed by atoms with E-state index in [1.807, 2.05) is 28.7 Å². The fraction of sp³-hybridized carbons (Fsp3) is 0.261. The van der Waals surface area contributed by atoms with E-state index >= 15 is 0 Å². The van der Waals surface area contributed by atoms with E-state index in [4.69, 9.17) is 0 Å². The summed E-state index contributed by atoms with van der Waals surface area (Å²) in [5.41, 5.74) is 1.48. The quantitative estimate of drug-likeness (QED) is 0.211. The van der Waals surface area contributed by atoms with E-state index in [1.165, 1.54) is 61.5 Å². The second kappa shape index (κ2) is 8.51. The summed E-state index contributed by atoms with van der Waals surface area (Å²) >= 11 is 5.31. The van der Waals surface area contributed by atoms with Gasteiger partial charge in [0.15, 0.2) is 6.29 Å². The Hall–Kier alpha value is -1.75. The van der Waals surface area contributed by atoms with Crippen molar-refractivity contribution in [3.05, 3.63) is 58.3 Å². The Bertz CT molecular complexity index is 1050. The number of thiophene rings is 3. The monoisotopic (exact) mass is 410 g/mol. The number of benzene rings is 1. The Morgan fingerprint density at radius 2 is 1.67 bits per heavy atom. The molecule has 1 aromatic carbocycles. The summed E-state index contributed by atoms with van der Waals surface area (Å²) in [5, 5.41) is 4.85. The van der Waals surface area contributed by atoms with Crippen LogP contribution in [0, 0.1) is 0 Å². The van der Waals surface area contributed by atoms with Crippen LogP contribution in [0.5, 0.6) is 0 Å². The highest BCUT2D eigenvalue weighted by atomic mass is 32.1. The third kappa shape index (κ3) is 3.79. The minimum Gasteiger partial charge on any atom is -0.297 e. The van der Waals surface area contributed by atoms with Crippen LogP contribution >= 0.6 is 34.0 Å². The van der Waals surface area contributed by atoms with Crippen molar-refractivity contribution in [2.75, 3.05) is 0 Å². The summed E-state index contributed by atoms with van der Waals surface area (Å²) < 4.78 is 0. The van der Waals surface area contributed by atoms with Gasteiger partial charge in [-0.15, -0.1) is 34.0 Å². The number of unbranched alkanes of at least 4 members (excludes halogenated alkanes) is 3. The Balaban J connectivity index is 1.75. The summed E-state index contributed by atoms with van der Waals surface area (Å²) in [7, 11) is 0. The second-order valence-electron chi connectivity index (χ2n) is 6.71. The number of aldehydes is 1. The topological polar surface area (TPSA) is 17.1 Å². The molecule has 0 unspecified atom stereocenters. The number of hydrogen-bond acceptors (Lipinski definition) is 4. The molecule has 0 radical (unpaired) electrons. The van der Waals surface area contributed by atoms with Gasteiger partial charge < -0.3 is 0 Å². The number of hydrogen-bond donors (Lipinski definition) is 0. The highest BCUT2D eigenvalue weighted by Crippen LogP contribution is 2.48. The average molecular weight is 411 g/mol. The van der Waals surface area contributed by atoms with Crippen LogP contribution in [0.3, 0.4) is 0 Å². The second-order valence-corrected chi connectivity index (χ2v) is 9.76. The summed E-state index contributed by atoms with van der Waals surface area (Å²) in [6.07, 6.45) is 7.28. The van der Waals surface area contributed by atoms with Crippen LogP contribution in [0.15, 0.2) is 47.8 Å². The van der Waals surface area contributed by atoms with E-state index in [-0.39, 0.29) is 0 Å². The van der Waals surface area contributed by atoms with Gasteiger partial charge in [-0.1, -0.05) is 50.5 Å². The van der Waals surface area contributed by atoms with E-state index in [0.717, 1.165) is 17.6 Å². The lowest BCUT2D eigenvalue weighted by molar-refractivity contribution is 0.112. The lowest BCUT2D eigenvalue weighted by atomic mass is 10.0. The number of carbonyl (C=O) groups is 1. The van der Waals surface area contributed by atoms with Crippen molar-refractivity contribution >= 4 is 51.1 Å². The van der Waals surface area contributed by atoms with E-state index in [0.29, 0.717) is 0 Å². The zero-order valence-corrected chi connectivity index (χ0v) is 17.8. The zero-order chi connectivity index (χ0) is 18.6. The maximum absolute atomic E-state index is 11.1. The van der Waals surface area contributed by atoms with Gasteiger partial charge in [-0.2, -0.15) is 0 Å². The van der Waals surface area contributed by atoms with Crippen molar-refractivity contribution in [3.8, 4) is 19.5 Å². The van der Waals surface area contributed by atoms with Gasteiger partial charge in [0.05, 0.1) is 14.6 Å². The Morgan fingerprint density at radius 1 is 0.852 bits per heavy atom. The molecule has 3 aromatic heterocycles. The largest absolute Gasteiger partial charge is 0.297 e. The zero-order valence-electron chi connectivity index (χ0n) is 15.4. The third-order valence-corrected chi connectivity index (χ3v) is 8.37. The van der Waals surface area contributed by atoms with Crippen molar-refractivity contribution < 1.29 is 4.79 Å². The molecule has 0 bridgehead atoms. The Kier molecular flexibility index (Phi) is 5.86. The van der Waals surface area contributed by atoms with Gasteiger partial charge in [-0.25, -0.2) is 0 Å². The van der Waals surface area contributed by atoms with Gasteiger partial charge in [0.1, 0.15) is 0 Å². The van der Waals surface area contributed by atoms with E-state index in [1.54, 1.807) is 11.3 Å². The number of rotatable bonds is 8. The molecule has 0 spiro atoms. The van der Waals surface area contributed by atoms with Gasteiger partial charge in [-0.05, 0) is 42.0 Å². The SMILES string of the molecule is CCCCCCc1ccsc1-c1sc(-c2ccc(C=O)s2)c2ccccc12. The molecule has 0 atom stereocenters. The predicted octanol–water partition coefficient (Wildman–Crippen LogP) is 8.29. The van der Waals surface area contributed by atoms with E-state index < -0.39 is 0 Å². The molecule has 0 aliphatic rings. The minimum absolute atomic E-state index is 0.789. The van der Waals surface area contributed by atoms with Gasteiger partial charge >= 0.3 is 0 Å². The first kappa shape index (κ1) is 18.6. The summed E-state index contributed by atoms with van der Waals surface area (Å²) in [6, 6.07) is 15.0. The maximum atomic E-state index is 11.1. The predicted molar refractivity (Wildman–Crippen MR) is 122 cm³/mol. The molecule has 1 nitrogen and oxygen atoms in total. The molecule has 0 N–H and O–H groups in total. The molecule has 0 amide bonds. The van der Waals surface area contributed by atoms with Crippen molar-refractivity contribution in [1.82, 2.24) is 0 Å². The standard InChI is InChI=1S/C23H22OS3/c1-2-3-4-5-8-16-13-14-25-21(16)23-19-10-7-6-9-18(19)22(27-23)20-12-11-17(15-24)26-20/h6-7,9-15H,2-5,8H2,1H3. The Morgan fingerprint density at radius 3 is 2.41 bits per heavy atom. The number of fused-ring (bicyclic) bond motifs is 1. The van der Waals surface area contributed by atoms with Crippen LogP contribution in [-0.4, -0.2) is 6.29 Å². The first-order valence-corrected chi connectivity index (χ1v) is 12.0. The fourth-order valence-corrected chi connectivity index (χ4v) is 6.83. The highest BCUT2D eigenvalue weighted by molar-refractivity contribution is 7.28. The van der Waals surface area contributed by atoms with Crippen molar-refractivity contribution in [2.45, 2.75) is 39.0 Å². The molecule has 0 saturated heterocycles. The molecular weight excluding hydrogens is 388 g/mol. The van der Waals surface area contributed by atoms with Crippen molar-refractivity contribution in [3.63, 3.8) is 0 Å². The van der Waals surface area contributed by atoms with E-state index in [2.05, 4.69) is 48.7 Å². The van der Waals surface area contributed by atoms with Crippen LogP contribution in [0.1, 0.15) is 47.8 Å². The lowest BCUT2D eigenvalue weighted by Gasteiger charge is -2.03. The molecule has 3 heterocycles. The fourth-order valence-electron chi connectivity index (χ4n) is 3.46. The van der Waals surface area contributed by atoms with Gasteiger partial charge in [-0.3, -0.25) is 4.79 Å². The number of aryl methyl sites for hydroxylation is 1. The number of carbonyl (C=O) groups excluding carboxylic acids is 1. The molecule has 4 heteroatoms. The molecule has 4 rings (SSSR count). The molecule has 138 valence electrons. The van der Waals surface area contributed by atoms with Gasteiger partial charge in [0.25, 0.3) is 0 Å². The van der Waals surface area contributed by atoms with Crippen LogP contribution < -0.4 is 0 Å². The highest BCUT2D eigenvalue weighted by Gasteiger charge is 2.18. The molecule has 27 heavy (non-hydrogen) atoms. The minimum atomic E-state index is 0.789. The third-order valence-electron chi connectivity index (χ3n) is 4.84. The molecule has 0 aliphatic heterocycles. The average Bonchev–Trinajstić information content (AvgIpc) is 3.42. The van der Waals surface area contributed by atoms with Gasteiger partial charge in [0.2, 0.25) is 0 Å². The normalized spacial score (nSPS) is 11.3. The smallest absolute Gasteiger partial charge is 0.160 e. The summed E-state index contributed by atoms with van der Waals surface area (Å²) in [5.74, 6) is 0. The molecular formula is C23H22OS3. The van der Waals surface area contributed by atoms with Crippen LogP contribution in [0.4, 0.5) is 0 Å². The maximum Gasteiger partial charge on any atom is 0.160 e. The molecule has 0 aliphatic carbocycles. The van der Waals surface area contributed by atoms with Crippen LogP contribution in [0.2, 0.25) is 0 Å².